The van der Waals surface area contributed by atoms with Crippen LogP contribution in [-0.4, -0.2) is 29.1 Å². The second kappa shape index (κ2) is 6.89. The Balaban J connectivity index is 1.42. The van der Waals surface area contributed by atoms with E-state index in [0.29, 0.717) is 22.4 Å². The molecule has 2 aromatic carbocycles. The van der Waals surface area contributed by atoms with Gasteiger partial charge in [-0.05, 0) is 49.2 Å². The normalized spacial score (nSPS) is 15.0. The van der Waals surface area contributed by atoms with E-state index >= 15 is 0 Å². The number of nitrogens with zero attached hydrogens (tertiary/aromatic N) is 3. The molecule has 0 atom stereocenters. The van der Waals surface area contributed by atoms with Crippen molar-refractivity contribution in [1.29, 1.82) is 5.26 Å². The third-order valence-corrected chi connectivity index (χ3v) is 4.81. The highest BCUT2D eigenvalue weighted by Crippen LogP contribution is 2.22. The Labute approximate surface area is 151 Å². The number of piperidine rings is 1. The van der Waals surface area contributed by atoms with E-state index in [1.807, 2.05) is 42.5 Å². The van der Waals surface area contributed by atoms with Crippen LogP contribution in [0.3, 0.4) is 0 Å². The molecule has 2 heterocycles. The van der Waals surface area contributed by atoms with Gasteiger partial charge in [0.1, 0.15) is 0 Å². The van der Waals surface area contributed by atoms with Crippen LogP contribution in [0.2, 0.25) is 0 Å². The fourth-order valence-corrected chi connectivity index (χ4v) is 3.38. The minimum absolute atomic E-state index is 0.117. The number of para-hydroxylation sites is 1. The van der Waals surface area contributed by atoms with E-state index < -0.39 is 0 Å². The Bertz CT molecular complexity index is 1010. The first-order chi connectivity index (χ1) is 12.7. The fraction of sp³-hybridized carbons (Fsp3) is 0.250. The average Bonchev–Trinajstić information content (AvgIpc) is 2.69. The van der Waals surface area contributed by atoms with Crippen molar-refractivity contribution >= 4 is 22.5 Å². The molecule has 0 spiro atoms. The summed E-state index contributed by atoms with van der Waals surface area (Å²) in [5.74, 6) is 0.533. The monoisotopic (exact) mass is 345 g/mol. The molecule has 130 valence electrons. The van der Waals surface area contributed by atoms with Gasteiger partial charge in [-0.25, -0.2) is 4.98 Å². The van der Waals surface area contributed by atoms with E-state index in [1.165, 1.54) is 0 Å². The van der Waals surface area contributed by atoms with Crippen molar-refractivity contribution in [3.63, 3.8) is 0 Å². The van der Waals surface area contributed by atoms with Crippen molar-refractivity contribution in [3.8, 4) is 6.07 Å². The molecular formula is C20H19N5O. The molecule has 0 saturated carbocycles. The van der Waals surface area contributed by atoms with Crippen LogP contribution in [0.5, 0.6) is 0 Å². The molecule has 0 bridgehead atoms. The van der Waals surface area contributed by atoms with Gasteiger partial charge in [-0.3, -0.25) is 9.78 Å². The minimum atomic E-state index is -0.117. The smallest absolute Gasteiger partial charge is 0.260 e. The highest BCUT2D eigenvalue weighted by atomic mass is 16.1. The highest BCUT2D eigenvalue weighted by Gasteiger charge is 2.20. The predicted octanol–water partition coefficient (Wildman–Crippen LogP) is 2.88. The van der Waals surface area contributed by atoms with Gasteiger partial charge in [0.15, 0.2) is 0 Å². The summed E-state index contributed by atoms with van der Waals surface area (Å²) in [5.41, 5.74) is 2.40. The lowest BCUT2D eigenvalue weighted by molar-refractivity contribution is 0.524. The lowest BCUT2D eigenvalue weighted by Crippen LogP contribution is -2.39. The van der Waals surface area contributed by atoms with E-state index in [9.17, 15) is 4.79 Å². The third-order valence-electron chi connectivity index (χ3n) is 4.81. The van der Waals surface area contributed by atoms with Gasteiger partial charge in [0, 0.05) is 24.8 Å². The fourth-order valence-electron chi connectivity index (χ4n) is 3.38. The zero-order valence-electron chi connectivity index (χ0n) is 14.3. The van der Waals surface area contributed by atoms with Crippen LogP contribution < -0.4 is 15.8 Å². The third kappa shape index (κ3) is 3.24. The molecule has 2 N–H and O–H groups in total. The van der Waals surface area contributed by atoms with Gasteiger partial charge in [0.05, 0.1) is 22.5 Å². The molecule has 0 unspecified atom stereocenters. The quantitative estimate of drug-likeness (QED) is 0.762. The van der Waals surface area contributed by atoms with Crippen molar-refractivity contribution in [2.75, 3.05) is 23.3 Å². The van der Waals surface area contributed by atoms with Crippen LogP contribution in [0.15, 0.2) is 53.3 Å². The maximum absolute atomic E-state index is 12.2. The summed E-state index contributed by atoms with van der Waals surface area (Å²) in [6, 6.07) is 17.5. The number of benzene rings is 2. The van der Waals surface area contributed by atoms with Crippen molar-refractivity contribution in [2.24, 2.45) is 0 Å². The number of nitrogens with one attached hydrogen (secondary N) is 2. The molecule has 6 heteroatoms. The molecule has 0 aliphatic carbocycles. The van der Waals surface area contributed by atoms with Crippen LogP contribution in [0, 0.1) is 11.3 Å². The maximum atomic E-state index is 12.2. The zero-order chi connectivity index (χ0) is 17.9. The SMILES string of the molecule is N#Cc1ccc(N2CCC(Nc3nc4ccccc4c(=O)[nH]3)CC2)cc1. The summed E-state index contributed by atoms with van der Waals surface area (Å²) in [6.07, 6.45) is 1.91. The number of hydrogen-bond donors (Lipinski definition) is 2. The number of rotatable bonds is 3. The molecule has 1 aromatic heterocycles. The summed E-state index contributed by atoms with van der Waals surface area (Å²) in [6.45, 7) is 1.84. The second-order valence-electron chi connectivity index (χ2n) is 6.50. The summed E-state index contributed by atoms with van der Waals surface area (Å²) >= 11 is 0. The topological polar surface area (TPSA) is 84.8 Å². The number of aromatic amines is 1. The molecule has 4 rings (SSSR count). The van der Waals surface area contributed by atoms with Gasteiger partial charge >= 0.3 is 0 Å². The average molecular weight is 345 g/mol. The predicted molar refractivity (Wildman–Crippen MR) is 102 cm³/mol. The number of hydrogen-bond acceptors (Lipinski definition) is 5. The lowest BCUT2D eigenvalue weighted by atomic mass is 10.0. The van der Waals surface area contributed by atoms with Crippen molar-refractivity contribution in [1.82, 2.24) is 9.97 Å². The Morgan fingerprint density at radius 3 is 2.58 bits per heavy atom. The minimum Gasteiger partial charge on any atom is -0.371 e. The molecule has 1 aliphatic heterocycles. The molecule has 26 heavy (non-hydrogen) atoms. The van der Waals surface area contributed by atoms with E-state index in [4.69, 9.17) is 5.26 Å². The number of fused-ring (bicyclic) bond motifs is 1. The number of H-pyrrole nitrogens is 1. The van der Waals surface area contributed by atoms with Gasteiger partial charge in [-0.1, -0.05) is 12.1 Å². The van der Waals surface area contributed by atoms with Crippen molar-refractivity contribution in [3.05, 3.63) is 64.4 Å². The zero-order valence-corrected chi connectivity index (χ0v) is 14.3. The standard InChI is InChI=1S/C20H19N5O/c21-13-14-5-7-16(8-6-14)25-11-9-15(10-12-25)22-20-23-18-4-2-1-3-17(18)19(26)24-20/h1-8,15H,9-12H2,(H2,22,23,24,26). The van der Waals surface area contributed by atoms with Gasteiger partial charge < -0.3 is 10.2 Å². The Morgan fingerprint density at radius 2 is 1.85 bits per heavy atom. The van der Waals surface area contributed by atoms with E-state index in [0.717, 1.165) is 31.6 Å². The Hall–Kier alpha value is -3.33. The van der Waals surface area contributed by atoms with Gasteiger partial charge in [0.25, 0.3) is 5.56 Å². The summed E-state index contributed by atoms with van der Waals surface area (Å²) < 4.78 is 0. The van der Waals surface area contributed by atoms with Gasteiger partial charge in [0.2, 0.25) is 5.95 Å². The molecule has 0 amide bonds. The number of nitriles is 1. The van der Waals surface area contributed by atoms with Crippen LogP contribution >= 0.6 is 0 Å². The molecule has 1 fully saturated rings. The van der Waals surface area contributed by atoms with Crippen LogP contribution in [0.4, 0.5) is 11.6 Å². The number of anilines is 2. The first-order valence-corrected chi connectivity index (χ1v) is 8.73. The molecule has 1 saturated heterocycles. The van der Waals surface area contributed by atoms with Crippen LogP contribution in [0.1, 0.15) is 18.4 Å². The number of aromatic nitrogens is 2. The Morgan fingerprint density at radius 1 is 1.12 bits per heavy atom. The first kappa shape index (κ1) is 16.2. The molecular weight excluding hydrogens is 326 g/mol. The lowest BCUT2D eigenvalue weighted by Gasteiger charge is -2.34. The highest BCUT2D eigenvalue weighted by molar-refractivity contribution is 5.78. The van der Waals surface area contributed by atoms with Crippen molar-refractivity contribution in [2.45, 2.75) is 18.9 Å². The Kier molecular flexibility index (Phi) is 4.28. The molecule has 0 radical (unpaired) electrons. The largest absolute Gasteiger partial charge is 0.371 e. The molecule has 1 aliphatic rings. The van der Waals surface area contributed by atoms with Gasteiger partial charge in [-0.2, -0.15) is 5.26 Å². The molecule has 3 aromatic rings. The maximum Gasteiger partial charge on any atom is 0.260 e. The van der Waals surface area contributed by atoms with E-state index in [1.54, 1.807) is 6.07 Å². The molecule has 6 nitrogen and oxygen atoms in total. The van der Waals surface area contributed by atoms with Gasteiger partial charge in [-0.15, -0.1) is 0 Å². The van der Waals surface area contributed by atoms with E-state index in [2.05, 4.69) is 26.3 Å². The van der Waals surface area contributed by atoms with Crippen LogP contribution in [0.25, 0.3) is 10.9 Å². The van der Waals surface area contributed by atoms with Crippen LogP contribution in [-0.2, 0) is 0 Å². The van der Waals surface area contributed by atoms with Crippen molar-refractivity contribution < 1.29 is 0 Å². The summed E-state index contributed by atoms with van der Waals surface area (Å²) in [4.78, 5) is 21.8. The first-order valence-electron chi connectivity index (χ1n) is 8.73. The summed E-state index contributed by atoms with van der Waals surface area (Å²) in [5, 5.41) is 12.9. The second-order valence-corrected chi connectivity index (χ2v) is 6.50. The summed E-state index contributed by atoms with van der Waals surface area (Å²) in [7, 11) is 0. The van der Waals surface area contributed by atoms with E-state index in [-0.39, 0.29) is 11.6 Å².